The highest BCUT2D eigenvalue weighted by Crippen LogP contribution is 2.18. The molecule has 1 aliphatic rings. The van der Waals surface area contributed by atoms with Crippen LogP contribution in [0.4, 0.5) is 0 Å². The molecule has 20 heavy (non-hydrogen) atoms. The quantitative estimate of drug-likeness (QED) is 0.913. The zero-order chi connectivity index (χ0) is 14.5. The molecule has 2 heterocycles. The number of likely N-dealkylation sites (tertiary alicyclic amines) is 1. The molecule has 0 radical (unpaired) electrons. The van der Waals surface area contributed by atoms with Gasteiger partial charge in [-0.25, -0.2) is 4.79 Å². The molecular formula is C15H20N2O3. The van der Waals surface area contributed by atoms with Crippen LogP contribution in [0.15, 0.2) is 18.3 Å². The van der Waals surface area contributed by atoms with E-state index in [1.54, 1.807) is 6.20 Å². The summed E-state index contributed by atoms with van der Waals surface area (Å²) in [6.45, 7) is 2.44. The lowest BCUT2D eigenvalue weighted by atomic mass is 10.1. The van der Waals surface area contributed by atoms with E-state index in [0.717, 1.165) is 30.5 Å². The standard InChI is InChI=1S/C15H20N2O3/c1-11-6-5-8-16-12(11)10-14(18)17-9-4-2-3-7-13(17)15(19)20/h5-6,8,13H,2-4,7,9-10H2,1H3,(H,19,20). The number of nitrogens with zero attached hydrogens (tertiary/aromatic N) is 2. The minimum atomic E-state index is -0.905. The van der Waals surface area contributed by atoms with Crippen molar-refractivity contribution in [2.75, 3.05) is 6.54 Å². The molecule has 1 aromatic heterocycles. The number of amides is 1. The first-order chi connectivity index (χ1) is 9.59. The third kappa shape index (κ3) is 3.35. The molecule has 0 aliphatic carbocycles. The van der Waals surface area contributed by atoms with Crippen molar-refractivity contribution in [3.63, 3.8) is 0 Å². The van der Waals surface area contributed by atoms with Gasteiger partial charge in [0.1, 0.15) is 6.04 Å². The van der Waals surface area contributed by atoms with Crippen LogP contribution in [-0.4, -0.2) is 39.5 Å². The summed E-state index contributed by atoms with van der Waals surface area (Å²) in [4.78, 5) is 29.5. The number of carboxylic acid groups (broad SMARTS) is 1. The number of carbonyl (C=O) groups excluding carboxylic acids is 1. The number of aliphatic carboxylic acids is 1. The van der Waals surface area contributed by atoms with Gasteiger partial charge in [0.15, 0.2) is 0 Å². The molecule has 0 aromatic carbocycles. The largest absolute Gasteiger partial charge is 0.480 e. The average Bonchev–Trinajstić information content (AvgIpc) is 2.67. The number of carboxylic acids is 1. The summed E-state index contributed by atoms with van der Waals surface area (Å²) < 4.78 is 0. The van der Waals surface area contributed by atoms with Gasteiger partial charge in [0.05, 0.1) is 12.1 Å². The fourth-order valence-corrected chi connectivity index (χ4v) is 2.61. The molecule has 1 N–H and O–H groups in total. The van der Waals surface area contributed by atoms with E-state index in [1.807, 2.05) is 19.1 Å². The predicted octanol–water partition coefficient (Wildman–Crippen LogP) is 1.79. The summed E-state index contributed by atoms with van der Waals surface area (Å²) in [7, 11) is 0. The molecule has 1 saturated heterocycles. The van der Waals surface area contributed by atoms with Crippen molar-refractivity contribution in [2.24, 2.45) is 0 Å². The van der Waals surface area contributed by atoms with Gasteiger partial charge >= 0.3 is 5.97 Å². The Morgan fingerprint density at radius 2 is 2.20 bits per heavy atom. The van der Waals surface area contributed by atoms with Crippen molar-refractivity contribution in [3.8, 4) is 0 Å². The maximum Gasteiger partial charge on any atom is 0.326 e. The number of hydrogen-bond donors (Lipinski definition) is 1. The van der Waals surface area contributed by atoms with Gasteiger partial charge in [-0.15, -0.1) is 0 Å². The highest BCUT2D eigenvalue weighted by molar-refractivity contribution is 5.85. The lowest BCUT2D eigenvalue weighted by Gasteiger charge is -2.27. The highest BCUT2D eigenvalue weighted by Gasteiger charge is 2.30. The van der Waals surface area contributed by atoms with Crippen LogP contribution in [0.2, 0.25) is 0 Å². The SMILES string of the molecule is Cc1cccnc1CC(=O)N1CCCCCC1C(=O)O. The van der Waals surface area contributed by atoms with E-state index >= 15 is 0 Å². The van der Waals surface area contributed by atoms with Crippen molar-refractivity contribution < 1.29 is 14.7 Å². The first-order valence-corrected chi connectivity index (χ1v) is 7.02. The zero-order valence-electron chi connectivity index (χ0n) is 11.7. The Morgan fingerprint density at radius 1 is 1.40 bits per heavy atom. The van der Waals surface area contributed by atoms with Crippen LogP contribution < -0.4 is 0 Å². The number of pyridine rings is 1. The van der Waals surface area contributed by atoms with E-state index < -0.39 is 12.0 Å². The Hall–Kier alpha value is -1.91. The van der Waals surface area contributed by atoms with E-state index in [9.17, 15) is 14.7 Å². The Kier molecular flexibility index (Phi) is 4.71. The molecule has 2 rings (SSSR count). The third-order valence-electron chi connectivity index (χ3n) is 3.79. The fraction of sp³-hybridized carbons (Fsp3) is 0.533. The number of aromatic nitrogens is 1. The summed E-state index contributed by atoms with van der Waals surface area (Å²) in [5.74, 6) is -1.04. The molecule has 1 aliphatic heterocycles. The second kappa shape index (κ2) is 6.50. The summed E-state index contributed by atoms with van der Waals surface area (Å²) in [6, 6.07) is 3.05. The van der Waals surface area contributed by atoms with Gasteiger partial charge in [0, 0.05) is 12.7 Å². The van der Waals surface area contributed by atoms with E-state index in [2.05, 4.69) is 4.98 Å². The summed E-state index contributed by atoms with van der Waals surface area (Å²) in [5.41, 5.74) is 1.69. The van der Waals surface area contributed by atoms with Crippen LogP contribution in [0.3, 0.4) is 0 Å². The molecule has 0 bridgehead atoms. The first-order valence-electron chi connectivity index (χ1n) is 7.02. The third-order valence-corrected chi connectivity index (χ3v) is 3.79. The molecular weight excluding hydrogens is 256 g/mol. The molecule has 0 saturated carbocycles. The Bertz CT molecular complexity index is 502. The number of hydrogen-bond acceptors (Lipinski definition) is 3. The van der Waals surface area contributed by atoms with Crippen molar-refractivity contribution in [2.45, 2.75) is 45.1 Å². The van der Waals surface area contributed by atoms with Gasteiger partial charge in [-0.1, -0.05) is 18.9 Å². The van der Waals surface area contributed by atoms with Crippen molar-refractivity contribution >= 4 is 11.9 Å². The van der Waals surface area contributed by atoms with E-state index in [-0.39, 0.29) is 12.3 Å². The Morgan fingerprint density at radius 3 is 2.90 bits per heavy atom. The predicted molar refractivity (Wildman–Crippen MR) is 74.3 cm³/mol. The van der Waals surface area contributed by atoms with E-state index in [1.165, 1.54) is 4.90 Å². The van der Waals surface area contributed by atoms with Gasteiger partial charge in [-0.3, -0.25) is 9.78 Å². The van der Waals surface area contributed by atoms with Gasteiger partial charge in [0.2, 0.25) is 5.91 Å². The average molecular weight is 276 g/mol. The number of aryl methyl sites for hydroxylation is 1. The van der Waals surface area contributed by atoms with E-state index in [0.29, 0.717) is 13.0 Å². The molecule has 5 nitrogen and oxygen atoms in total. The van der Waals surface area contributed by atoms with Crippen LogP contribution >= 0.6 is 0 Å². The topological polar surface area (TPSA) is 70.5 Å². The monoisotopic (exact) mass is 276 g/mol. The minimum Gasteiger partial charge on any atom is -0.480 e. The lowest BCUT2D eigenvalue weighted by Crippen LogP contribution is -2.45. The Labute approximate surface area is 118 Å². The molecule has 108 valence electrons. The molecule has 1 fully saturated rings. The fourth-order valence-electron chi connectivity index (χ4n) is 2.61. The van der Waals surface area contributed by atoms with Gasteiger partial charge < -0.3 is 10.0 Å². The van der Waals surface area contributed by atoms with Crippen LogP contribution in [0.1, 0.15) is 36.9 Å². The molecule has 1 atom stereocenters. The van der Waals surface area contributed by atoms with Crippen LogP contribution in [0.5, 0.6) is 0 Å². The molecule has 5 heteroatoms. The van der Waals surface area contributed by atoms with Crippen molar-refractivity contribution in [3.05, 3.63) is 29.6 Å². The maximum atomic E-state index is 12.4. The molecule has 1 unspecified atom stereocenters. The number of carbonyl (C=O) groups is 2. The first kappa shape index (κ1) is 14.5. The summed E-state index contributed by atoms with van der Waals surface area (Å²) >= 11 is 0. The van der Waals surface area contributed by atoms with Gasteiger partial charge in [-0.2, -0.15) is 0 Å². The second-order valence-electron chi connectivity index (χ2n) is 5.23. The van der Waals surface area contributed by atoms with Gasteiger partial charge in [-0.05, 0) is 31.4 Å². The lowest BCUT2D eigenvalue weighted by molar-refractivity contribution is -0.150. The van der Waals surface area contributed by atoms with Crippen LogP contribution in [0.25, 0.3) is 0 Å². The minimum absolute atomic E-state index is 0.138. The van der Waals surface area contributed by atoms with Crippen LogP contribution in [-0.2, 0) is 16.0 Å². The smallest absolute Gasteiger partial charge is 0.326 e. The number of rotatable bonds is 3. The molecule has 1 amide bonds. The Balaban J connectivity index is 2.13. The molecule has 0 spiro atoms. The van der Waals surface area contributed by atoms with E-state index in [4.69, 9.17) is 0 Å². The van der Waals surface area contributed by atoms with Crippen molar-refractivity contribution in [1.29, 1.82) is 0 Å². The summed E-state index contributed by atoms with van der Waals surface area (Å²) in [6.07, 6.45) is 5.10. The second-order valence-corrected chi connectivity index (χ2v) is 5.23. The normalized spacial score (nSPS) is 19.4. The molecule has 1 aromatic rings. The summed E-state index contributed by atoms with van der Waals surface area (Å²) in [5, 5.41) is 9.29. The van der Waals surface area contributed by atoms with Crippen molar-refractivity contribution in [1.82, 2.24) is 9.88 Å². The zero-order valence-corrected chi connectivity index (χ0v) is 11.7. The maximum absolute atomic E-state index is 12.4. The van der Waals surface area contributed by atoms with Gasteiger partial charge in [0.25, 0.3) is 0 Å². The highest BCUT2D eigenvalue weighted by atomic mass is 16.4. The van der Waals surface area contributed by atoms with Crippen LogP contribution in [0, 0.1) is 6.92 Å².